The number of nitrogens with zero attached hydrogens (tertiary/aromatic N) is 1. The zero-order valence-corrected chi connectivity index (χ0v) is 17.8. The number of thiazole rings is 1. The maximum atomic E-state index is 11.9. The largest absolute Gasteiger partial charge is 0.481 e. The Bertz CT molecular complexity index is 939. The van der Waals surface area contributed by atoms with Gasteiger partial charge in [-0.05, 0) is 56.4 Å². The number of amides is 1. The molecule has 0 saturated heterocycles. The minimum absolute atomic E-state index is 0.0788. The maximum Gasteiger partial charge on any atom is 0.412 e. The fraction of sp³-hybridized carbons (Fsp3) is 0.421. The number of aromatic nitrogens is 1. The second-order valence-corrected chi connectivity index (χ2v) is 8.82. The maximum absolute atomic E-state index is 11.9. The normalized spacial score (nSPS) is 15.8. The molecule has 8 nitrogen and oxygen atoms in total. The van der Waals surface area contributed by atoms with Crippen LogP contribution in [0.2, 0.25) is 6.82 Å². The summed E-state index contributed by atoms with van der Waals surface area (Å²) in [5.41, 5.74) is 2.12. The molecule has 0 spiro atoms. The predicted molar refractivity (Wildman–Crippen MR) is 111 cm³/mol. The van der Waals surface area contributed by atoms with Crippen LogP contribution in [-0.2, 0) is 14.2 Å². The number of carboxylic acids is 1. The van der Waals surface area contributed by atoms with Crippen molar-refractivity contribution in [2.75, 3.05) is 5.32 Å². The van der Waals surface area contributed by atoms with Gasteiger partial charge in [-0.15, -0.1) is 0 Å². The van der Waals surface area contributed by atoms with Gasteiger partial charge in [-0.3, -0.25) is 10.1 Å². The monoisotopic (exact) mass is 418 g/mol. The molecule has 1 atom stereocenters. The van der Waals surface area contributed by atoms with Gasteiger partial charge in [-0.25, -0.2) is 9.78 Å². The molecule has 2 aromatic rings. The molecule has 1 unspecified atom stereocenters. The van der Waals surface area contributed by atoms with E-state index in [0.29, 0.717) is 15.9 Å². The van der Waals surface area contributed by atoms with E-state index >= 15 is 0 Å². The molecule has 1 aromatic carbocycles. The molecular formula is C19H23BN2O6S. The van der Waals surface area contributed by atoms with Gasteiger partial charge in [0.05, 0.1) is 18.7 Å². The Morgan fingerprint density at radius 2 is 2.10 bits per heavy atom. The molecular weight excluding hydrogens is 395 g/mol. The molecule has 10 heteroatoms. The van der Waals surface area contributed by atoms with Crippen molar-refractivity contribution in [1.29, 1.82) is 0 Å². The molecule has 1 aliphatic heterocycles. The zero-order chi connectivity index (χ0) is 21.3. The Balaban J connectivity index is 1.73. The number of aliphatic carboxylic acids is 1. The van der Waals surface area contributed by atoms with Crippen LogP contribution in [0.4, 0.5) is 9.80 Å². The quantitative estimate of drug-likeness (QED) is 0.708. The Labute approximate surface area is 173 Å². The lowest BCUT2D eigenvalue weighted by molar-refractivity contribution is -0.138. The Hall–Kier alpha value is -2.59. The van der Waals surface area contributed by atoms with Gasteiger partial charge in [0.25, 0.3) is 5.19 Å². The third kappa shape index (κ3) is 5.27. The molecule has 0 fully saturated rings. The second-order valence-electron chi connectivity index (χ2n) is 7.83. The first kappa shape index (κ1) is 21.1. The first-order chi connectivity index (χ1) is 13.5. The number of fused-ring (bicyclic) bond motifs is 1. The van der Waals surface area contributed by atoms with E-state index in [-0.39, 0.29) is 13.3 Å². The summed E-state index contributed by atoms with van der Waals surface area (Å²) in [5, 5.41) is 12.6. The van der Waals surface area contributed by atoms with E-state index in [1.165, 1.54) is 17.5 Å². The highest BCUT2D eigenvalue weighted by Gasteiger charge is 2.35. The average Bonchev–Trinajstić information content (AvgIpc) is 3.10. The van der Waals surface area contributed by atoms with E-state index in [2.05, 4.69) is 10.3 Å². The van der Waals surface area contributed by atoms with Crippen LogP contribution in [0.1, 0.15) is 44.4 Å². The number of nitrogens with one attached hydrogen (secondary N) is 1. The molecule has 0 radical (unpaired) electrons. The number of benzene rings is 1. The highest BCUT2D eigenvalue weighted by molar-refractivity contribution is 7.17. The van der Waals surface area contributed by atoms with Crippen molar-refractivity contribution in [2.24, 2.45) is 0 Å². The molecule has 2 heterocycles. The minimum atomic E-state index is -0.900. The summed E-state index contributed by atoms with van der Waals surface area (Å²) >= 11 is 1.18. The first-order valence-electron chi connectivity index (χ1n) is 9.17. The summed E-state index contributed by atoms with van der Waals surface area (Å²) < 4.78 is 16.9. The summed E-state index contributed by atoms with van der Waals surface area (Å²) in [7, 11) is 0. The van der Waals surface area contributed by atoms with E-state index in [1.54, 1.807) is 20.8 Å². The lowest BCUT2D eigenvalue weighted by Gasteiger charge is -2.19. The van der Waals surface area contributed by atoms with Gasteiger partial charge >= 0.3 is 19.0 Å². The van der Waals surface area contributed by atoms with Crippen LogP contribution in [0.15, 0.2) is 18.3 Å². The predicted octanol–water partition coefficient (Wildman–Crippen LogP) is 3.97. The van der Waals surface area contributed by atoms with Crippen molar-refractivity contribution < 1.29 is 28.8 Å². The van der Waals surface area contributed by atoms with Gasteiger partial charge in [0.15, 0.2) is 0 Å². The molecule has 154 valence electrons. The molecule has 0 bridgehead atoms. The van der Waals surface area contributed by atoms with E-state index < -0.39 is 23.8 Å². The van der Waals surface area contributed by atoms with Crippen molar-refractivity contribution in [3.8, 4) is 10.9 Å². The number of carboxylic acid groups (broad SMARTS) is 1. The smallest absolute Gasteiger partial charge is 0.412 e. The van der Waals surface area contributed by atoms with Gasteiger partial charge in [-0.1, -0.05) is 18.2 Å². The molecule has 1 amide bonds. The molecule has 3 rings (SSSR count). The molecule has 1 aromatic heterocycles. The van der Waals surface area contributed by atoms with Gasteiger partial charge in [0, 0.05) is 0 Å². The fourth-order valence-electron chi connectivity index (χ4n) is 3.19. The van der Waals surface area contributed by atoms with Gasteiger partial charge in [0.2, 0.25) is 0 Å². The van der Waals surface area contributed by atoms with Crippen molar-refractivity contribution in [3.63, 3.8) is 0 Å². The number of hydrogen-bond acceptors (Lipinski definition) is 7. The van der Waals surface area contributed by atoms with Crippen molar-refractivity contribution in [3.05, 3.63) is 29.5 Å². The molecule has 2 N–H and O–H groups in total. The fourth-order valence-corrected chi connectivity index (χ4v) is 3.86. The Kier molecular flexibility index (Phi) is 5.86. The summed E-state index contributed by atoms with van der Waals surface area (Å²) in [6.45, 7) is 8.92. The van der Waals surface area contributed by atoms with Crippen LogP contribution in [0.3, 0.4) is 0 Å². The number of hydrogen-bond donors (Lipinski definition) is 2. The Morgan fingerprint density at radius 1 is 1.38 bits per heavy atom. The Morgan fingerprint density at radius 3 is 2.76 bits per heavy atom. The third-order valence-electron chi connectivity index (χ3n) is 4.19. The van der Waals surface area contributed by atoms with E-state index in [9.17, 15) is 9.59 Å². The highest BCUT2D eigenvalue weighted by Crippen LogP contribution is 2.35. The lowest BCUT2D eigenvalue weighted by atomic mass is 9.63. The number of anilines is 1. The zero-order valence-electron chi connectivity index (χ0n) is 16.9. The standard InChI is InChI=1S/C19H23BN2O6S/c1-10-6-11(7-12-16(10)13(8-15(23)24)28-20(12)5)26-18-21-9-14(29-18)22-17(25)27-19(2,3)4/h6-7,9,13H,8H2,1-5H3,(H,22,25)(H,23,24). The second kappa shape index (κ2) is 8.04. The first-order valence-corrected chi connectivity index (χ1v) is 9.99. The van der Waals surface area contributed by atoms with E-state index in [0.717, 1.165) is 16.6 Å². The average molecular weight is 418 g/mol. The van der Waals surface area contributed by atoms with Crippen molar-refractivity contribution in [2.45, 2.75) is 52.6 Å². The van der Waals surface area contributed by atoms with Crippen molar-refractivity contribution in [1.82, 2.24) is 4.98 Å². The summed E-state index contributed by atoms with van der Waals surface area (Å²) in [6, 6.07) is 3.68. The molecule has 29 heavy (non-hydrogen) atoms. The van der Waals surface area contributed by atoms with E-state index in [1.807, 2.05) is 25.9 Å². The number of aryl methyl sites for hydroxylation is 1. The molecule has 1 aliphatic rings. The topological polar surface area (TPSA) is 107 Å². The minimum Gasteiger partial charge on any atom is -0.481 e. The number of carbonyl (C=O) groups is 2. The van der Waals surface area contributed by atoms with Crippen LogP contribution < -0.4 is 15.5 Å². The van der Waals surface area contributed by atoms with Crippen LogP contribution in [0.5, 0.6) is 10.9 Å². The lowest BCUT2D eigenvalue weighted by Crippen LogP contribution is -2.26. The van der Waals surface area contributed by atoms with Crippen LogP contribution in [0.25, 0.3) is 0 Å². The SMILES string of the molecule is CB1OC(CC(=O)O)c2c(C)cc(Oc3ncc(NC(=O)OC(C)(C)C)s3)cc21. The molecule has 0 aliphatic carbocycles. The summed E-state index contributed by atoms with van der Waals surface area (Å²) in [6.07, 6.45) is 0.399. The number of ether oxygens (including phenoxy) is 2. The van der Waals surface area contributed by atoms with Gasteiger partial charge in [-0.2, -0.15) is 0 Å². The summed E-state index contributed by atoms with van der Waals surface area (Å²) in [4.78, 5) is 27.1. The van der Waals surface area contributed by atoms with Crippen molar-refractivity contribution >= 4 is 40.8 Å². The van der Waals surface area contributed by atoms with Crippen LogP contribution in [0, 0.1) is 6.92 Å². The number of carbonyl (C=O) groups excluding carboxylic acids is 1. The number of rotatable bonds is 5. The molecule has 0 saturated carbocycles. The van der Waals surface area contributed by atoms with E-state index in [4.69, 9.17) is 19.2 Å². The highest BCUT2D eigenvalue weighted by atomic mass is 32.1. The van der Waals surface area contributed by atoms with Crippen LogP contribution >= 0.6 is 11.3 Å². The van der Waals surface area contributed by atoms with Gasteiger partial charge < -0.3 is 19.2 Å². The summed E-state index contributed by atoms with van der Waals surface area (Å²) in [5.74, 6) is -0.326. The van der Waals surface area contributed by atoms with Crippen LogP contribution in [-0.4, -0.2) is 34.7 Å². The van der Waals surface area contributed by atoms with Gasteiger partial charge in [0.1, 0.15) is 16.4 Å². The third-order valence-corrected chi connectivity index (χ3v) is 4.99.